The fourth-order valence-corrected chi connectivity index (χ4v) is 0.690. The minimum absolute atomic E-state index is 0.0499. The Balaban J connectivity index is 2.96. The fraction of sp³-hybridized carbons (Fsp3) is 0.250. The molecule has 3 N–H and O–H groups in total. The first-order chi connectivity index (χ1) is 5.74. The van der Waals surface area contributed by atoms with Crippen molar-refractivity contribution in [3.63, 3.8) is 0 Å². The van der Waals surface area contributed by atoms with E-state index < -0.39 is 0 Å². The van der Waals surface area contributed by atoms with E-state index in [9.17, 15) is 5.11 Å². The number of hydrogen-bond donors (Lipinski definition) is 2. The second kappa shape index (κ2) is 3.71. The summed E-state index contributed by atoms with van der Waals surface area (Å²) in [5.74, 6) is 0.787. The molecule has 1 aromatic rings. The van der Waals surface area contributed by atoms with E-state index in [0.717, 1.165) is 0 Å². The summed E-state index contributed by atoms with van der Waals surface area (Å²) >= 11 is 0. The molecule has 1 aromatic heterocycles. The average Bonchev–Trinajstić information content (AvgIpc) is 2.09. The molecule has 0 aromatic carbocycles. The fourth-order valence-electron chi connectivity index (χ4n) is 0.690. The Morgan fingerprint density at radius 1 is 1.75 bits per heavy atom. The lowest BCUT2D eigenvalue weighted by molar-refractivity contribution is 0.474. The Kier molecular flexibility index (Phi) is 2.63. The van der Waals surface area contributed by atoms with Gasteiger partial charge in [0.2, 0.25) is 0 Å². The van der Waals surface area contributed by atoms with Crippen molar-refractivity contribution in [3.05, 3.63) is 18.3 Å². The summed E-state index contributed by atoms with van der Waals surface area (Å²) in [4.78, 5) is 7.76. The van der Waals surface area contributed by atoms with Crippen molar-refractivity contribution in [2.24, 2.45) is 10.7 Å². The normalized spacial score (nSPS) is 11.6. The van der Waals surface area contributed by atoms with Crippen molar-refractivity contribution < 1.29 is 5.11 Å². The summed E-state index contributed by atoms with van der Waals surface area (Å²) in [6.07, 6.45) is 2.21. The number of hydrogen-bond acceptors (Lipinski definition) is 3. The van der Waals surface area contributed by atoms with Crippen LogP contribution in [-0.4, -0.2) is 15.9 Å². The van der Waals surface area contributed by atoms with Crippen LogP contribution in [0.3, 0.4) is 0 Å². The number of pyridine rings is 1. The van der Waals surface area contributed by atoms with Crippen LogP contribution in [-0.2, 0) is 0 Å². The van der Waals surface area contributed by atoms with E-state index in [2.05, 4.69) is 9.98 Å². The maximum atomic E-state index is 9.23. The first kappa shape index (κ1) is 8.52. The van der Waals surface area contributed by atoms with Gasteiger partial charge in [0.15, 0.2) is 11.6 Å². The highest BCUT2D eigenvalue weighted by atomic mass is 16.3. The van der Waals surface area contributed by atoms with Crippen LogP contribution < -0.4 is 5.73 Å². The number of nitrogens with zero attached hydrogens (tertiary/aromatic N) is 2. The van der Waals surface area contributed by atoms with E-state index >= 15 is 0 Å². The topological polar surface area (TPSA) is 71.5 Å². The Hall–Kier alpha value is -1.58. The van der Waals surface area contributed by atoms with Crippen LogP contribution in [0.5, 0.6) is 5.75 Å². The molecular formula is C8H11N3O. The maximum absolute atomic E-state index is 9.23. The lowest BCUT2D eigenvalue weighted by Gasteiger charge is -1.97. The number of aromatic nitrogens is 1. The second-order valence-electron chi connectivity index (χ2n) is 2.30. The Labute approximate surface area is 70.8 Å². The number of aromatic hydroxyl groups is 1. The van der Waals surface area contributed by atoms with Crippen LogP contribution in [0.25, 0.3) is 0 Å². The molecular weight excluding hydrogens is 154 g/mol. The predicted octanol–water partition coefficient (Wildman–Crippen LogP) is 1.19. The van der Waals surface area contributed by atoms with Gasteiger partial charge in [-0.3, -0.25) is 0 Å². The highest BCUT2D eigenvalue weighted by Gasteiger charge is 1.98. The van der Waals surface area contributed by atoms with Gasteiger partial charge in [-0.2, -0.15) is 0 Å². The van der Waals surface area contributed by atoms with Crippen LogP contribution in [0, 0.1) is 0 Å². The van der Waals surface area contributed by atoms with E-state index in [1.807, 2.05) is 6.92 Å². The first-order valence-electron chi connectivity index (χ1n) is 3.71. The van der Waals surface area contributed by atoms with Crippen molar-refractivity contribution in [2.75, 3.05) is 0 Å². The Morgan fingerprint density at radius 2 is 2.50 bits per heavy atom. The zero-order valence-corrected chi connectivity index (χ0v) is 6.86. The van der Waals surface area contributed by atoms with Crippen molar-refractivity contribution in [1.29, 1.82) is 0 Å². The third-order valence-corrected chi connectivity index (χ3v) is 1.38. The molecule has 1 rings (SSSR count). The van der Waals surface area contributed by atoms with Crippen LogP contribution >= 0.6 is 0 Å². The van der Waals surface area contributed by atoms with Gasteiger partial charge in [-0.1, -0.05) is 6.92 Å². The Morgan fingerprint density at radius 3 is 3.08 bits per heavy atom. The summed E-state index contributed by atoms with van der Waals surface area (Å²) in [7, 11) is 0. The summed E-state index contributed by atoms with van der Waals surface area (Å²) in [6.45, 7) is 1.89. The van der Waals surface area contributed by atoms with Gasteiger partial charge in [-0.15, -0.1) is 0 Å². The molecule has 0 spiro atoms. The number of amidine groups is 1. The molecule has 4 nitrogen and oxygen atoms in total. The predicted molar refractivity (Wildman–Crippen MR) is 47.5 cm³/mol. The van der Waals surface area contributed by atoms with Gasteiger partial charge in [0.25, 0.3) is 0 Å². The molecule has 0 aliphatic heterocycles. The van der Waals surface area contributed by atoms with E-state index in [0.29, 0.717) is 12.3 Å². The van der Waals surface area contributed by atoms with Crippen molar-refractivity contribution >= 4 is 11.7 Å². The molecule has 64 valence electrons. The maximum Gasteiger partial charge on any atom is 0.196 e. The average molecular weight is 165 g/mol. The van der Waals surface area contributed by atoms with Crippen molar-refractivity contribution in [3.8, 4) is 5.75 Å². The van der Waals surface area contributed by atoms with Gasteiger partial charge in [-0.25, -0.2) is 9.98 Å². The standard InChI is InChI=1S/C8H11N3O/c1-2-7(9)11-8-6(12)4-3-5-10-8/h3-5,12H,2H2,1H3,(H2,9,10,11). The molecule has 0 unspecified atom stereocenters. The lowest BCUT2D eigenvalue weighted by atomic mass is 10.4. The SMILES string of the molecule is CC/C(N)=N\c1ncccc1O. The Bertz CT molecular complexity index is 296. The highest BCUT2D eigenvalue weighted by molar-refractivity contribution is 5.82. The lowest BCUT2D eigenvalue weighted by Crippen LogP contribution is -2.08. The molecule has 0 saturated heterocycles. The minimum atomic E-state index is 0.0499. The number of nitrogens with two attached hydrogens (primary N) is 1. The van der Waals surface area contributed by atoms with Crippen molar-refractivity contribution in [1.82, 2.24) is 4.98 Å². The minimum Gasteiger partial charge on any atom is -0.504 e. The molecule has 4 heteroatoms. The largest absolute Gasteiger partial charge is 0.504 e. The molecule has 0 aliphatic rings. The third kappa shape index (κ3) is 1.95. The number of rotatable bonds is 2. The van der Waals surface area contributed by atoms with Gasteiger partial charge >= 0.3 is 0 Å². The second-order valence-corrected chi connectivity index (χ2v) is 2.30. The van der Waals surface area contributed by atoms with Crippen LogP contribution in [0.4, 0.5) is 5.82 Å². The summed E-state index contributed by atoms with van der Waals surface area (Å²) in [5, 5.41) is 9.23. The van der Waals surface area contributed by atoms with Crippen molar-refractivity contribution in [2.45, 2.75) is 13.3 Å². The van der Waals surface area contributed by atoms with Gasteiger partial charge in [0, 0.05) is 12.6 Å². The molecule has 0 bridgehead atoms. The van der Waals surface area contributed by atoms with E-state index in [4.69, 9.17) is 5.73 Å². The summed E-state index contributed by atoms with van der Waals surface area (Å²) in [6, 6.07) is 3.16. The molecule has 0 amide bonds. The van der Waals surface area contributed by atoms with E-state index in [1.165, 1.54) is 6.07 Å². The molecule has 12 heavy (non-hydrogen) atoms. The van der Waals surface area contributed by atoms with Gasteiger partial charge in [0.05, 0.1) is 0 Å². The highest BCUT2D eigenvalue weighted by Crippen LogP contribution is 2.21. The zero-order valence-electron chi connectivity index (χ0n) is 6.86. The molecule has 1 heterocycles. The first-order valence-corrected chi connectivity index (χ1v) is 3.71. The molecule has 0 fully saturated rings. The van der Waals surface area contributed by atoms with Crippen LogP contribution in [0.2, 0.25) is 0 Å². The van der Waals surface area contributed by atoms with Gasteiger partial charge in [-0.05, 0) is 12.1 Å². The van der Waals surface area contributed by atoms with Gasteiger partial charge < -0.3 is 10.8 Å². The van der Waals surface area contributed by atoms with Crippen LogP contribution in [0.15, 0.2) is 23.3 Å². The number of aliphatic imine (C=N–C) groups is 1. The summed E-state index contributed by atoms with van der Waals surface area (Å²) < 4.78 is 0. The van der Waals surface area contributed by atoms with Crippen LogP contribution in [0.1, 0.15) is 13.3 Å². The molecule has 0 atom stereocenters. The molecule has 0 radical (unpaired) electrons. The summed E-state index contributed by atoms with van der Waals surface area (Å²) in [5.41, 5.74) is 5.47. The quantitative estimate of drug-likeness (QED) is 0.510. The van der Waals surface area contributed by atoms with Gasteiger partial charge in [0.1, 0.15) is 5.84 Å². The van der Waals surface area contributed by atoms with E-state index in [1.54, 1.807) is 12.3 Å². The monoisotopic (exact) mass is 165 g/mol. The third-order valence-electron chi connectivity index (χ3n) is 1.38. The zero-order chi connectivity index (χ0) is 8.97. The molecule has 0 saturated carbocycles. The smallest absolute Gasteiger partial charge is 0.196 e. The van der Waals surface area contributed by atoms with E-state index in [-0.39, 0.29) is 11.6 Å². The molecule has 0 aliphatic carbocycles.